The van der Waals surface area contributed by atoms with Gasteiger partial charge in [0.2, 0.25) is 0 Å². The van der Waals surface area contributed by atoms with Crippen molar-refractivity contribution in [2.24, 2.45) is 5.92 Å². The van der Waals surface area contributed by atoms with E-state index in [0.29, 0.717) is 17.9 Å². The Bertz CT molecular complexity index is 1020. The number of Topliss-reactive ketones (excluding diaryl/α,β-unsaturated/α-hetero) is 1. The van der Waals surface area contributed by atoms with Crippen LogP contribution >= 0.6 is 0 Å². The molecule has 28 heavy (non-hydrogen) atoms. The molecule has 7 heteroatoms. The topological polar surface area (TPSA) is 97.7 Å². The largest absolute Gasteiger partial charge is 0.378 e. The smallest absolute Gasteiger partial charge is 0.152 e. The number of piperidine rings is 1. The minimum absolute atomic E-state index is 0.184. The van der Waals surface area contributed by atoms with Crippen molar-refractivity contribution in [1.29, 1.82) is 5.26 Å². The van der Waals surface area contributed by atoms with Crippen LogP contribution in [-0.2, 0) is 4.79 Å². The summed E-state index contributed by atoms with van der Waals surface area (Å²) in [5, 5.41) is 13.1. The lowest BCUT2D eigenvalue weighted by Gasteiger charge is -2.33. The number of nitrogens with one attached hydrogen (secondary N) is 2. The number of ketones is 1. The van der Waals surface area contributed by atoms with Crippen LogP contribution in [0.4, 0.5) is 11.5 Å². The molecule has 0 amide bonds. The second-order valence-corrected chi connectivity index (χ2v) is 7.18. The Kier molecular flexibility index (Phi) is 5.20. The molecule has 1 aliphatic rings. The first kappa shape index (κ1) is 18.0. The van der Waals surface area contributed by atoms with Crippen molar-refractivity contribution in [1.82, 2.24) is 15.0 Å². The van der Waals surface area contributed by atoms with E-state index in [-0.39, 0.29) is 12.3 Å². The molecule has 0 aliphatic carbocycles. The number of nitrogens with zero attached hydrogens (tertiary/aromatic N) is 4. The highest BCUT2D eigenvalue weighted by molar-refractivity contribution is 5.87. The van der Waals surface area contributed by atoms with Crippen LogP contribution in [0.1, 0.15) is 24.8 Å². The van der Waals surface area contributed by atoms with Gasteiger partial charge in [-0.3, -0.25) is 4.79 Å². The van der Waals surface area contributed by atoms with Crippen molar-refractivity contribution in [3.8, 4) is 6.07 Å². The summed E-state index contributed by atoms with van der Waals surface area (Å²) in [5.41, 5.74) is 2.22. The SMILES string of the molecule is N#Cc1cccc(NCC(=O)CC2CCCN(c3ncnc4[nH]ccc34)C2)c1. The number of H-pyrrole nitrogens is 1. The van der Waals surface area contributed by atoms with Crippen molar-refractivity contribution in [2.45, 2.75) is 19.3 Å². The molecule has 0 radical (unpaired) electrons. The predicted octanol–water partition coefficient (Wildman–Crippen LogP) is 3.12. The molecule has 1 unspecified atom stereocenters. The van der Waals surface area contributed by atoms with Gasteiger partial charge in [-0.15, -0.1) is 0 Å². The summed E-state index contributed by atoms with van der Waals surface area (Å²) in [6.07, 6.45) is 6.10. The first-order valence-corrected chi connectivity index (χ1v) is 9.51. The number of carbonyl (C=O) groups excluding carboxylic acids is 1. The van der Waals surface area contributed by atoms with Gasteiger partial charge >= 0.3 is 0 Å². The van der Waals surface area contributed by atoms with Gasteiger partial charge in [-0.2, -0.15) is 5.26 Å². The van der Waals surface area contributed by atoms with E-state index >= 15 is 0 Å². The molecule has 0 bridgehead atoms. The molecule has 0 spiro atoms. The maximum Gasteiger partial charge on any atom is 0.152 e. The Morgan fingerprint density at radius 1 is 1.36 bits per heavy atom. The van der Waals surface area contributed by atoms with Crippen LogP contribution in [0, 0.1) is 17.2 Å². The van der Waals surface area contributed by atoms with Crippen molar-refractivity contribution in [3.05, 3.63) is 48.4 Å². The zero-order valence-electron chi connectivity index (χ0n) is 15.6. The van der Waals surface area contributed by atoms with Crippen LogP contribution in [0.5, 0.6) is 0 Å². The third-order valence-electron chi connectivity index (χ3n) is 5.15. The molecule has 2 N–H and O–H groups in total. The highest BCUT2D eigenvalue weighted by Gasteiger charge is 2.24. The van der Waals surface area contributed by atoms with Crippen LogP contribution in [-0.4, -0.2) is 40.4 Å². The first-order chi connectivity index (χ1) is 13.7. The van der Waals surface area contributed by atoms with E-state index in [2.05, 4.69) is 31.2 Å². The number of fused-ring (bicyclic) bond motifs is 1. The number of carbonyl (C=O) groups is 1. The highest BCUT2D eigenvalue weighted by Crippen LogP contribution is 2.28. The summed E-state index contributed by atoms with van der Waals surface area (Å²) < 4.78 is 0. The third-order valence-corrected chi connectivity index (χ3v) is 5.15. The van der Waals surface area contributed by atoms with Gasteiger partial charge in [0.1, 0.15) is 17.8 Å². The zero-order chi connectivity index (χ0) is 19.3. The van der Waals surface area contributed by atoms with Crippen molar-refractivity contribution in [2.75, 3.05) is 29.9 Å². The summed E-state index contributed by atoms with van der Waals surface area (Å²) in [7, 11) is 0. The number of anilines is 2. The molecule has 142 valence electrons. The molecule has 2 aromatic heterocycles. The molecule has 1 fully saturated rings. The molecule has 1 saturated heterocycles. The van der Waals surface area contributed by atoms with Crippen LogP contribution in [0.25, 0.3) is 11.0 Å². The van der Waals surface area contributed by atoms with Gasteiger partial charge in [0, 0.05) is 31.4 Å². The Labute approximate surface area is 163 Å². The van der Waals surface area contributed by atoms with Crippen molar-refractivity contribution >= 4 is 28.3 Å². The summed E-state index contributed by atoms with van der Waals surface area (Å²) in [4.78, 5) is 26.6. The quantitative estimate of drug-likeness (QED) is 0.688. The summed E-state index contributed by atoms with van der Waals surface area (Å²) in [6.45, 7) is 2.05. The molecular weight excluding hydrogens is 352 g/mol. The Morgan fingerprint density at radius 2 is 2.29 bits per heavy atom. The monoisotopic (exact) mass is 374 g/mol. The molecule has 3 aromatic rings. The molecular formula is C21H22N6O. The number of hydrogen-bond acceptors (Lipinski definition) is 6. The van der Waals surface area contributed by atoms with Crippen LogP contribution in [0.15, 0.2) is 42.9 Å². The van der Waals surface area contributed by atoms with Gasteiger partial charge in [0.05, 0.1) is 23.6 Å². The Balaban J connectivity index is 1.35. The van der Waals surface area contributed by atoms with Gasteiger partial charge in [-0.1, -0.05) is 6.07 Å². The Morgan fingerprint density at radius 3 is 3.18 bits per heavy atom. The minimum atomic E-state index is 0.184. The fraction of sp³-hybridized carbons (Fsp3) is 0.333. The number of benzene rings is 1. The van der Waals surface area contributed by atoms with Crippen molar-refractivity contribution < 1.29 is 4.79 Å². The van der Waals surface area contributed by atoms with Crippen LogP contribution in [0.3, 0.4) is 0 Å². The molecule has 4 rings (SSSR count). The average Bonchev–Trinajstić information content (AvgIpc) is 3.21. The maximum atomic E-state index is 12.5. The zero-order valence-corrected chi connectivity index (χ0v) is 15.6. The average molecular weight is 374 g/mol. The van der Waals surface area contributed by atoms with E-state index in [1.54, 1.807) is 18.5 Å². The molecule has 1 aromatic carbocycles. The lowest BCUT2D eigenvalue weighted by Crippen LogP contribution is -2.37. The fourth-order valence-corrected chi connectivity index (χ4v) is 3.83. The standard InChI is InChI=1S/C21H22N6O/c22-11-15-3-1-5-17(9-15)24-12-18(28)10-16-4-2-8-27(13-16)21-19-6-7-23-20(19)25-14-26-21/h1,3,5-7,9,14,16,24H,2,4,8,10,12-13H2,(H,23,25,26). The minimum Gasteiger partial charge on any atom is -0.378 e. The van der Waals surface area contributed by atoms with Gasteiger partial charge in [-0.25, -0.2) is 9.97 Å². The summed E-state index contributed by atoms with van der Waals surface area (Å²) in [5.74, 6) is 1.44. The molecule has 1 atom stereocenters. The van der Waals surface area contributed by atoms with E-state index in [9.17, 15) is 4.79 Å². The van der Waals surface area contributed by atoms with Gasteiger partial charge < -0.3 is 15.2 Å². The van der Waals surface area contributed by atoms with E-state index in [4.69, 9.17) is 5.26 Å². The van der Waals surface area contributed by atoms with Gasteiger partial charge in [0.25, 0.3) is 0 Å². The number of aromatic nitrogens is 3. The van der Waals surface area contributed by atoms with Gasteiger partial charge in [0.15, 0.2) is 5.78 Å². The molecule has 3 heterocycles. The lowest BCUT2D eigenvalue weighted by molar-refractivity contribution is -0.118. The normalized spacial score (nSPS) is 16.7. The fourth-order valence-electron chi connectivity index (χ4n) is 3.83. The summed E-state index contributed by atoms with van der Waals surface area (Å²) in [6, 6.07) is 11.3. The Hall–Kier alpha value is -3.40. The van der Waals surface area contributed by atoms with Crippen LogP contribution in [0.2, 0.25) is 0 Å². The summed E-state index contributed by atoms with van der Waals surface area (Å²) >= 11 is 0. The maximum absolute atomic E-state index is 12.5. The molecule has 1 aliphatic heterocycles. The first-order valence-electron chi connectivity index (χ1n) is 9.51. The van der Waals surface area contributed by atoms with Crippen molar-refractivity contribution in [3.63, 3.8) is 0 Å². The van der Waals surface area contributed by atoms with E-state index in [1.165, 1.54) is 0 Å². The number of rotatable bonds is 6. The molecule has 0 saturated carbocycles. The third kappa shape index (κ3) is 3.96. The molecule has 7 nitrogen and oxygen atoms in total. The highest BCUT2D eigenvalue weighted by atomic mass is 16.1. The van der Waals surface area contributed by atoms with Crippen LogP contribution < -0.4 is 10.2 Å². The van der Waals surface area contributed by atoms with E-state index < -0.39 is 0 Å². The second-order valence-electron chi connectivity index (χ2n) is 7.18. The lowest BCUT2D eigenvalue weighted by atomic mass is 9.92. The van der Waals surface area contributed by atoms with Gasteiger partial charge in [-0.05, 0) is 43.0 Å². The predicted molar refractivity (Wildman–Crippen MR) is 108 cm³/mol. The van der Waals surface area contributed by atoms with E-state index in [0.717, 1.165) is 48.5 Å². The number of hydrogen-bond donors (Lipinski definition) is 2. The number of aromatic amines is 1. The second kappa shape index (κ2) is 8.09. The number of nitriles is 1. The van der Waals surface area contributed by atoms with E-state index in [1.807, 2.05) is 24.4 Å².